The van der Waals surface area contributed by atoms with Crippen LogP contribution in [-0.2, 0) is 4.74 Å². The molecule has 0 aliphatic carbocycles. The van der Waals surface area contributed by atoms with Gasteiger partial charge in [0.1, 0.15) is 5.60 Å². The molecular formula is C13H27NO3. The lowest BCUT2D eigenvalue weighted by molar-refractivity contribution is 0.0493. The van der Waals surface area contributed by atoms with Gasteiger partial charge in [-0.3, -0.25) is 0 Å². The topological polar surface area (TPSA) is 58.6 Å². The molecule has 0 saturated heterocycles. The minimum absolute atomic E-state index is 0.0152. The summed E-state index contributed by atoms with van der Waals surface area (Å²) >= 11 is 0. The van der Waals surface area contributed by atoms with Crippen molar-refractivity contribution in [1.82, 2.24) is 5.32 Å². The van der Waals surface area contributed by atoms with Gasteiger partial charge in [-0.15, -0.1) is 0 Å². The second-order valence-corrected chi connectivity index (χ2v) is 5.35. The van der Waals surface area contributed by atoms with Crippen LogP contribution in [0.1, 0.15) is 59.8 Å². The Kier molecular flexibility index (Phi) is 7.96. The van der Waals surface area contributed by atoms with Crippen LogP contribution in [0, 0.1) is 0 Å². The Labute approximate surface area is 105 Å². The van der Waals surface area contributed by atoms with E-state index in [9.17, 15) is 4.79 Å². The SMILES string of the molecule is CCCCC[C@@H](CCO)NC(=O)OC(C)(C)C. The maximum absolute atomic E-state index is 11.6. The first-order valence-electron chi connectivity index (χ1n) is 6.49. The summed E-state index contributed by atoms with van der Waals surface area (Å²) in [6.07, 6.45) is 4.46. The van der Waals surface area contributed by atoms with E-state index in [0.29, 0.717) is 6.42 Å². The predicted molar refractivity (Wildman–Crippen MR) is 69.0 cm³/mol. The van der Waals surface area contributed by atoms with Crippen LogP contribution in [0.25, 0.3) is 0 Å². The average molecular weight is 245 g/mol. The second kappa shape index (κ2) is 8.34. The smallest absolute Gasteiger partial charge is 0.407 e. The maximum Gasteiger partial charge on any atom is 0.407 e. The maximum atomic E-state index is 11.6. The van der Waals surface area contributed by atoms with Crippen molar-refractivity contribution in [3.8, 4) is 0 Å². The zero-order valence-corrected chi connectivity index (χ0v) is 11.6. The number of carbonyl (C=O) groups excluding carboxylic acids is 1. The van der Waals surface area contributed by atoms with Crippen LogP contribution < -0.4 is 5.32 Å². The number of hydrogen-bond donors (Lipinski definition) is 2. The summed E-state index contributed by atoms with van der Waals surface area (Å²) in [5, 5.41) is 11.8. The number of unbranched alkanes of at least 4 members (excludes halogenated alkanes) is 2. The van der Waals surface area contributed by atoms with E-state index in [2.05, 4.69) is 12.2 Å². The third kappa shape index (κ3) is 10.1. The molecule has 1 atom stereocenters. The third-order valence-corrected chi connectivity index (χ3v) is 2.35. The van der Waals surface area contributed by atoms with Crippen LogP contribution in [-0.4, -0.2) is 29.4 Å². The highest BCUT2D eigenvalue weighted by atomic mass is 16.6. The van der Waals surface area contributed by atoms with E-state index in [0.717, 1.165) is 25.7 Å². The summed E-state index contributed by atoms with van der Waals surface area (Å²) in [6, 6.07) is 0.0152. The monoisotopic (exact) mass is 245 g/mol. The fourth-order valence-electron chi connectivity index (χ4n) is 1.56. The van der Waals surface area contributed by atoms with Crippen LogP contribution in [0.2, 0.25) is 0 Å². The molecule has 2 N–H and O–H groups in total. The van der Waals surface area contributed by atoms with Crippen molar-refractivity contribution < 1.29 is 14.6 Å². The van der Waals surface area contributed by atoms with Gasteiger partial charge in [-0.25, -0.2) is 4.79 Å². The van der Waals surface area contributed by atoms with E-state index < -0.39 is 11.7 Å². The van der Waals surface area contributed by atoms with Crippen molar-refractivity contribution in [2.24, 2.45) is 0 Å². The third-order valence-electron chi connectivity index (χ3n) is 2.35. The summed E-state index contributed by atoms with van der Waals surface area (Å²) in [5.41, 5.74) is -0.475. The molecule has 0 aromatic rings. The molecule has 0 aliphatic rings. The van der Waals surface area contributed by atoms with E-state index in [1.807, 2.05) is 20.8 Å². The molecule has 17 heavy (non-hydrogen) atoms. The summed E-state index contributed by atoms with van der Waals surface area (Å²) in [7, 11) is 0. The molecule has 4 nitrogen and oxygen atoms in total. The minimum atomic E-state index is -0.475. The molecule has 4 heteroatoms. The van der Waals surface area contributed by atoms with Gasteiger partial charge in [-0.2, -0.15) is 0 Å². The molecular weight excluding hydrogens is 218 g/mol. The van der Waals surface area contributed by atoms with E-state index >= 15 is 0 Å². The first-order valence-corrected chi connectivity index (χ1v) is 6.49. The number of carbonyl (C=O) groups is 1. The van der Waals surface area contributed by atoms with Gasteiger partial charge in [0.05, 0.1) is 0 Å². The molecule has 0 radical (unpaired) electrons. The van der Waals surface area contributed by atoms with Gasteiger partial charge >= 0.3 is 6.09 Å². The summed E-state index contributed by atoms with van der Waals surface area (Å²) in [6.45, 7) is 7.75. The number of nitrogens with one attached hydrogen (secondary N) is 1. The standard InChI is InChI=1S/C13H27NO3/c1-5-6-7-8-11(9-10-15)14-12(16)17-13(2,3)4/h11,15H,5-10H2,1-4H3,(H,14,16)/t11-/m0/s1. The molecule has 0 aromatic carbocycles. The molecule has 0 aromatic heterocycles. The predicted octanol–water partition coefficient (Wildman–Crippen LogP) is 2.84. The molecule has 1 amide bonds. The quantitative estimate of drug-likeness (QED) is 0.678. The van der Waals surface area contributed by atoms with Crippen molar-refractivity contribution in [1.29, 1.82) is 0 Å². The number of hydrogen-bond acceptors (Lipinski definition) is 3. The van der Waals surface area contributed by atoms with Crippen molar-refractivity contribution in [2.45, 2.75) is 71.4 Å². The normalized spacial score (nSPS) is 13.2. The zero-order chi connectivity index (χ0) is 13.3. The zero-order valence-electron chi connectivity index (χ0n) is 11.6. The Morgan fingerprint density at radius 2 is 1.94 bits per heavy atom. The first-order chi connectivity index (χ1) is 7.89. The molecule has 0 unspecified atom stereocenters. The van der Waals surface area contributed by atoms with Gasteiger partial charge in [0.2, 0.25) is 0 Å². The number of ether oxygens (including phenoxy) is 1. The molecule has 102 valence electrons. The van der Waals surface area contributed by atoms with Crippen molar-refractivity contribution in [3.05, 3.63) is 0 Å². The Hall–Kier alpha value is -0.770. The van der Waals surface area contributed by atoms with E-state index in [-0.39, 0.29) is 12.6 Å². The molecule has 0 fully saturated rings. The molecule has 0 rings (SSSR count). The lowest BCUT2D eigenvalue weighted by Gasteiger charge is -2.23. The Bertz CT molecular complexity index is 211. The van der Waals surface area contributed by atoms with Crippen molar-refractivity contribution >= 4 is 6.09 Å². The van der Waals surface area contributed by atoms with E-state index in [4.69, 9.17) is 9.84 Å². The first kappa shape index (κ1) is 16.2. The minimum Gasteiger partial charge on any atom is -0.444 e. The van der Waals surface area contributed by atoms with Gasteiger partial charge in [0, 0.05) is 12.6 Å². The van der Waals surface area contributed by atoms with Crippen LogP contribution in [0.15, 0.2) is 0 Å². The highest BCUT2D eigenvalue weighted by Gasteiger charge is 2.18. The second-order valence-electron chi connectivity index (χ2n) is 5.35. The van der Waals surface area contributed by atoms with Gasteiger partial charge in [0.25, 0.3) is 0 Å². The molecule has 0 bridgehead atoms. The number of aliphatic hydroxyl groups is 1. The number of alkyl carbamates (subject to hydrolysis) is 1. The molecule has 0 spiro atoms. The van der Waals surface area contributed by atoms with Gasteiger partial charge < -0.3 is 15.2 Å². The Balaban J connectivity index is 4.01. The summed E-state index contributed by atoms with van der Waals surface area (Å²) in [5.74, 6) is 0. The molecule has 0 saturated carbocycles. The number of rotatable bonds is 7. The van der Waals surface area contributed by atoms with Crippen LogP contribution in [0.3, 0.4) is 0 Å². The van der Waals surface area contributed by atoms with Crippen LogP contribution in [0.4, 0.5) is 4.79 Å². The fraction of sp³-hybridized carbons (Fsp3) is 0.923. The molecule has 0 aliphatic heterocycles. The summed E-state index contributed by atoms with van der Waals surface area (Å²) < 4.78 is 5.19. The Morgan fingerprint density at radius 1 is 1.29 bits per heavy atom. The highest BCUT2D eigenvalue weighted by Crippen LogP contribution is 2.10. The number of amides is 1. The lowest BCUT2D eigenvalue weighted by Crippen LogP contribution is -2.39. The Morgan fingerprint density at radius 3 is 2.41 bits per heavy atom. The average Bonchev–Trinajstić information content (AvgIpc) is 2.15. The van der Waals surface area contributed by atoms with E-state index in [1.54, 1.807) is 0 Å². The lowest BCUT2D eigenvalue weighted by atomic mass is 10.1. The van der Waals surface area contributed by atoms with Crippen molar-refractivity contribution in [2.75, 3.05) is 6.61 Å². The van der Waals surface area contributed by atoms with Crippen LogP contribution in [0.5, 0.6) is 0 Å². The number of aliphatic hydroxyl groups excluding tert-OH is 1. The molecule has 0 heterocycles. The van der Waals surface area contributed by atoms with Gasteiger partial charge in [-0.1, -0.05) is 26.2 Å². The van der Waals surface area contributed by atoms with Gasteiger partial charge in [-0.05, 0) is 33.6 Å². The fourth-order valence-corrected chi connectivity index (χ4v) is 1.56. The van der Waals surface area contributed by atoms with Crippen LogP contribution >= 0.6 is 0 Å². The highest BCUT2D eigenvalue weighted by molar-refractivity contribution is 5.68. The van der Waals surface area contributed by atoms with Gasteiger partial charge in [0.15, 0.2) is 0 Å². The largest absolute Gasteiger partial charge is 0.444 e. The summed E-state index contributed by atoms with van der Waals surface area (Å²) in [4.78, 5) is 11.6. The van der Waals surface area contributed by atoms with E-state index in [1.165, 1.54) is 0 Å². The van der Waals surface area contributed by atoms with Crippen molar-refractivity contribution in [3.63, 3.8) is 0 Å².